The molecule has 1 saturated heterocycles. The minimum Gasteiger partial charge on any atom is -0.351 e. The van der Waals surface area contributed by atoms with Crippen LogP contribution in [0.1, 0.15) is 34.7 Å². The predicted octanol–water partition coefficient (Wildman–Crippen LogP) is 6.96. The number of hydrogen-bond donors (Lipinski definition) is 1. The molecule has 1 N–H and O–H groups in total. The summed E-state index contributed by atoms with van der Waals surface area (Å²) < 4.78 is 17.4. The van der Waals surface area contributed by atoms with E-state index in [9.17, 15) is 0 Å². The van der Waals surface area contributed by atoms with Crippen LogP contribution < -0.4 is 10.2 Å². The lowest BCUT2D eigenvalue weighted by Crippen LogP contribution is -2.30. The van der Waals surface area contributed by atoms with Crippen molar-refractivity contribution in [3.63, 3.8) is 0 Å². The summed E-state index contributed by atoms with van der Waals surface area (Å²) in [4.78, 5) is 6.53. The molecule has 0 unspecified atom stereocenters. The van der Waals surface area contributed by atoms with Crippen LogP contribution in [0.2, 0.25) is 0 Å². The van der Waals surface area contributed by atoms with Gasteiger partial charge in [0.15, 0.2) is 5.11 Å². The predicted molar refractivity (Wildman–Crippen MR) is 147 cm³/mol. The average molecular weight is 493 g/mol. The van der Waals surface area contributed by atoms with E-state index in [0.29, 0.717) is 10.8 Å². The number of para-hydroxylation sites is 1. The summed E-state index contributed by atoms with van der Waals surface area (Å²) in [5.41, 5.74) is 5.70. The van der Waals surface area contributed by atoms with E-state index in [1.807, 2.05) is 29.2 Å². The summed E-state index contributed by atoms with van der Waals surface area (Å²) in [6, 6.07) is 29.1. The third-order valence-electron chi connectivity index (χ3n) is 7.01. The SMILES string of the molecule is Cc1cc([C@@H]2[C@@H](c3ccccn3)NC(=S)N2c2ccccc2F)c(C)n1-c1cccc2ccccc12. The van der Waals surface area contributed by atoms with Crippen molar-refractivity contribution in [1.29, 1.82) is 0 Å². The third kappa shape index (κ3) is 3.57. The van der Waals surface area contributed by atoms with Crippen LogP contribution >= 0.6 is 12.2 Å². The molecule has 36 heavy (non-hydrogen) atoms. The summed E-state index contributed by atoms with van der Waals surface area (Å²) in [6.45, 7) is 4.24. The largest absolute Gasteiger partial charge is 0.351 e. The number of fused-ring (bicyclic) bond motifs is 1. The number of hydrogen-bond acceptors (Lipinski definition) is 2. The molecule has 0 saturated carbocycles. The molecule has 0 aliphatic carbocycles. The maximum absolute atomic E-state index is 15.1. The van der Waals surface area contributed by atoms with Crippen LogP contribution in [0.3, 0.4) is 0 Å². The number of pyridine rings is 1. The molecule has 1 aliphatic rings. The Bertz CT molecular complexity index is 1590. The third-order valence-corrected chi connectivity index (χ3v) is 7.32. The minimum absolute atomic E-state index is 0.236. The van der Waals surface area contributed by atoms with Crippen LogP contribution in [0, 0.1) is 19.7 Å². The van der Waals surface area contributed by atoms with Crippen LogP contribution in [-0.2, 0) is 0 Å². The summed E-state index contributed by atoms with van der Waals surface area (Å²) >= 11 is 5.79. The van der Waals surface area contributed by atoms with Crippen molar-refractivity contribution in [1.82, 2.24) is 14.9 Å². The van der Waals surface area contributed by atoms with Crippen molar-refractivity contribution >= 4 is 33.8 Å². The van der Waals surface area contributed by atoms with E-state index in [1.54, 1.807) is 18.3 Å². The van der Waals surface area contributed by atoms with E-state index in [0.717, 1.165) is 28.3 Å². The fourth-order valence-corrected chi connectivity index (χ4v) is 5.78. The van der Waals surface area contributed by atoms with E-state index < -0.39 is 0 Å². The number of anilines is 1. The Hall–Kier alpha value is -4.03. The van der Waals surface area contributed by atoms with E-state index in [4.69, 9.17) is 12.2 Å². The van der Waals surface area contributed by atoms with E-state index >= 15 is 4.39 Å². The first kappa shape index (κ1) is 22.4. The number of thiocarbonyl (C=S) groups is 1. The highest BCUT2D eigenvalue weighted by molar-refractivity contribution is 7.80. The maximum Gasteiger partial charge on any atom is 0.174 e. The molecule has 1 aliphatic heterocycles. The molecular formula is C30H25FN4S. The van der Waals surface area contributed by atoms with Crippen molar-refractivity contribution in [3.05, 3.63) is 126 Å². The van der Waals surface area contributed by atoms with Crippen LogP contribution in [0.25, 0.3) is 16.5 Å². The van der Waals surface area contributed by atoms with Gasteiger partial charge in [0.1, 0.15) is 5.82 Å². The van der Waals surface area contributed by atoms with Crippen molar-refractivity contribution in [2.75, 3.05) is 4.90 Å². The zero-order chi connectivity index (χ0) is 24.8. The summed E-state index contributed by atoms with van der Waals surface area (Å²) in [6.07, 6.45) is 1.78. The van der Waals surface area contributed by atoms with Gasteiger partial charge in [0.25, 0.3) is 0 Å². The van der Waals surface area contributed by atoms with Crippen LogP contribution in [0.15, 0.2) is 97.2 Å². The Morgan fingerprint density at radius 2 is 1.58 bits per heavy atom. The molecule has 2 aromatic heterocycles. The van der Waals surface area contributed by atoms with Crippen LogP contribution in [0.4, 0.5) is 10.1 Å². The lowest BCUT2D eigenvalue weighted by atomic mass is 9.96. The molecule has 2 atom stereocenters. The number of nitrogens with zero attached hydrogens (tertiary/aromatic N) is 3. The number of aryl methyl sites for hydroxylation is 1. The Morgan fingerprint density at radius 1 is 0.861 bits per heavy atom. The van der Waals surface area contributed by atoms with Gasteiger partial charge in [-0.25, -0.2) is 4.39 Å². The van der Waals surface area contributed by atoms with Gasteiger partial charge in [-0.05, 0) is 73.4 Å². The van der Waals surface area contributed by atoms with E-state index in [-0.39, 0.29) is 17.9 Å². The second-order valence-corrected chi connectivity index (χ2v) is 9.49. The molecule has 3 heterocycles. The quantitative estimate of drug-likeness (QED) is 0.275. The van der Waals surface area contributed by atoms with Gasteiger partial charge in [-0.2, -0.15) is 0 Å². The van der Waals surface area contributed by atoms with Crippen molar-refractivity contribution in [2.24, 2.45) is 0 Å². The monoisotopic (exact) mass is 492 g/mol. The molecule has 3 aromatic carbocycles. The zero-order valence-electron chi connectivity index (χ0n) is 20.0. The molecule has 6 rings (SSSR count). The molecule has 5 aromatic rings. The van der Waals surface area contributed by atoms with Gasteiger partial charge in [-0.1, -0.05) is 54.6 Å². The number of halogens is 1. The first-order valence-electron chi connectivity index (χ1n) is 12.0. The molecule has 6 heteroatoms. The molecule has 0 bridgehead atoms. The van der Waals surface area contributed by atoms with Gasteiger partial charge >= 0.3 is 0 Å². The average Bonchev–Trinajstić information content (AvgIpc) is 3.39. The molecule has 4 nitrogen and oxygen atoms in total. The Balaban J connectivity index is 1.57. The highest BCUT2D eigenvalue weighted by Gasteiger charge is 2.43. The summed E-state index contributed by atoms with van der Waals surface area (Å²) in [5.74, 6) is -0.309. The molecule has 0 radical (unpaired) electrons. The summed E-state index contributed by atoms with van der Waals surface area (Å²) in [5, 5.41) is 6.29. The minimum atomic E-state index is -0.309. The van der Waals surface area contributed by atoms with Gasteiger partial charge in [0.2, 0.25) is 0 Å². The highest BCUT2D eigenvalue weighted by Crippen LogP contribution is 2.44. The van der Waals surface area contributed by atoms with E-state index in [1.165, 1.54) is 16.8 Å². The molecular weight excluding hydrogens is 467 g/mol. The Labute approximate surface area is 215 Å². The molecule has 1 fully saturated rings. The standard InChI is InChI=1S/C30H25FN4S/c1-19-18-23(20(2)34(19)26-16-9-11-21-10-3-4-12-22(21)26)29-28(25-14-7-8-17-32-25)33-30(36)35(29)27-15-6-5-13-24(27)31/h3-18,28-29H,1-2H3,(H,33,36)/t28-,29-/m1/s1. The smallest absolute Gasteiger partial charge is 0.174 e. The molecule has 0 amide bonds. The first-order chi connectivity index (χ1) is 17.5. The van der Waals surface area contributed by atoms with E-state index in [2.05, 4.69) is 77.2 Å². The van der Waals surface area contributed by atoms with Gasteiger partial charge in [0.05, 0.1) is 29.2 Å². The lowest BCUT2D eigenvalue weighted by molar-refractivity contribution is 0.556. The number of aromatic nitrogens is 2. The zero-order valence-corrected chi connectivity index (χ0v) is 20.8. The van der Waals surface area contributed by atoms with Gasteiger partial charge in [-0.15, -0.1) is 0 Å². The summed E-state index contributed by atoms with van der Waals surface area (Å²) in [7, 11) is 0. The highest BCUT2D eigenvalue weighted by atomic mass is 32.1. The van der Waals surface area contributed by atoms with Crippen molar-refractivity contribution in [3.8, 4) is 5.69 Å². The molecule has 0 spiro atoms. The number of nitrogens with one attached hydrogen (secondary N) is 1. The topological polar surface area (TPSA) is 33.1 Å². The first-order valence-corrected chi connectivity index (χ1v) is 12.4. The van der Waals surface area contributed by atoms with Crippen molar-refractivity contribution in [2.45, 2.75) is 25.9 Å². The second-order valence-electron chi connectivity index (χ2n) is 9.11. The van der Waals surface area contributed by atoms with Crippen LogP contribution in [0.5, 0.6) is 0 Å². The van der Waals surface area contributed by atoms with Gasteiger partial charge < -0.3 is 14.8 Å². The van der Waals surface area contributed by atoms with Gasteiger partial charge in [0, 0.05) is 23.0 Å². The second kappa shape index (κ2) is 8.88. The normalized spacial score (nSPS) is 17.5. The lowest BCUT2D eigenvalue weighted by Gasteiger charge is -2.28. The number of benzene rings is 3. The van der Waals surface area contributed by atoms with Gasteiger partial charge in [-0.3, -0.25) is 4.98 Å². The fraction of sp³-hybridized carbons (Fsp3) is 0.133. The Kier molecular flexibility index (Phi) is 5.53. The maximum atomic E-state index is 15.1. The van der Waals surface area contributed by atoms with Crippen LogP contribution in [-0.4, -0.2) is 14.7 Å². The molecule has 178 valence electrons. The Morgan fingerprint density at radius 3 is 2.39 bits per heavy atom. The number of rotatable bonds is 4. The van der Waals surface area contributed by atoms with Crippen molar-refractivity contribution < 1.29 is 4.39 Å². The fourth-order valence-electron chi connectivity index (χ4n) is 5.44.